The second kappa shape index (κ2) is 9.41. The normalized spacial score (nSPS) is 16.0. The van der Waals surface area contributed by atoms with Gasteiger partial charge >= 0.3 is 0 Å². The Bertz CT molecular complexity index is 781. The Labute approximate surface area is 172 Å². The highest BCUT2D eigenvalue weighted by Crippen LogP contribution is 2.27. The van der Waals surface area contributed by atoms with Crippen molar-refractivity contribution in [2.45, 2.75) is 51.7 Å². The molecule has 0 atom stereocenters. The van der Waals surface area contributed by atoms with Gasteiger partial charge in [-0.2, -0.15) is 4.98 Å². The molecule has 2 N–H and O–H groups in total. The molecule has 3 heterocycles. The summed E-state index contributed by atoms with van der Waals surface area (Å²) < 4.78 is 13.5. The molecule has 1 saturated heterocycles. The number of hydrogen-bond acceptors (Lipinski definition) is 8. The molecule has 1 aliphatic heterocycles. The van der Waals surface area contributed by atoms with E-state index in [9.17, 15) is 0 Å². The first kappa shape index (κ1) is 21.3. The summed E-state index contributed by atoms with van der Waals surface area (Å²) in [5.74, 6) is 2.36. The predicted molar refractivity (Wildman–Crippen MR) is 111 cm³/mol. The van der Waals surface area contributed by atoms with Crippen molar-refractivity contribution in [3.05, 3.63) is 18.5 Å². The van der Waals surface area contributed by atoms with Gasteiger partial charge in [-0.3, -0.25) is 4.98 Å². The molecule has 3 rings (SSSR count). The number of hydrogen-bond donors (Lipinski definition) is 2. The van der Waals surface area contributed by atoms with Crippen molar-refractivity contribution in [3.63, 3.8) is 0 Å². The minimum atomic E-state index is -0.253. The number of likely N-dealkylation sites (tertiary alicyclic amines) is 1. The molecule has 2 aromatic heterocycles. The molecule has 0 saturated carbocycles. The Morgan fingerprint density at radius 3 is 2.66 bits per heavy atom. The number of anilines is 2. The second-order valence-corrected chi connectivity index (χ2v) is 8.36. The first-order chi connectivity index (χ1) is 13.8. The smallest absolute Gasteiger partial charge is 0.235 e. The fourth-order valence-corrected chi connectivity index (χ4v) is 3.14. The molecular weight excluding hydrogens is 372 g/mol. The molecule has 9 heteroatoms. The molecule has 0 spiro atoms. The SMILES string of the molecule is CN1CCC(Oc2cncc(Nc3cc(OCCCO)nn3C(C)(C)C)n2)CC1. The van der Waals surface area contributed by atoms with Crippen molar-refractivity contribution in [3.8, 4) is 11.8 Å². The van der Waals surface area contributed by atoms with Crippen LogP contribution in [0, 0.1) is 0 Å². The van der Waals surface area contributed by atoms with Gasteiger partial charge in [-0.25, -0.2) is 4.68 Å². The maximum Gasteiger partial charge on any atom is 0.235 e. The largest absolute Gasteiger partial charge is 0.476 e. The van der Waals surface area contributed by atoms with Gasteiger partial charge in [0.25, 0.3) is 0 Å². The van der Waals surface area contributed by atoms with E-state index in [4.69, 9.17) is 14.6 Å². The van der Waals surface area contributed by atoms with Gasteiger partial charge in [0, 0.05) is 32.2 Å². The lowest BCUT2D eigenvalue weighted by atomic mass is 10.1. The third kappa shape index (κ3) is 6.04. The van der Waals surface area contributed by atoms with Crippen LogP contribution in [0.5, 0.6) is 11.8 Å². The topological polar surface area (TPSA) is 97.6 Å². The highest BCUT2D eigenvalue weighted by atomic mass is 16.5. The van der Waals surface area contributed by atoms with Crippen LogP contribution in [0.3, 0.4) is 0 Å². The Hall–Kier alpha value is -2.39. The number of aliphatic hydroxyl groups is 1. The summed E-state index contributed by atoms with van der Waals surface area (Å²) in [5.41, 5.74) is -0.253. The van der Waals surface area contributed by atoms with Gasteiger partial charge in [-0.05, 0) is 40.7 Å². The van der Waals surface area contributed by atoms with Crippen LogP contribution in [0.25, 0.3) is 0 Å². The van der Waals surface area contributed by atoms with Crippen molar-refractivity contribution < 1.29 is 14.6 Å². The molecule has 0 unspecified atom stereocenters. The van der Waals surface area contributed by atoms with Gasteiger partial charge in [0.1, 0.15) is 11.9 Å². The minimum absolute atomic E-state index is 0.0880. The number of aliphatic hydroxyl groups excluding tert-OH is 1. The van der Waals surface area contributed by atoms with Gasteiger partial charge < -0.3 is 24.8 Å². The summed E-state index contributed by atoms with van der Waals surface area (Å²) in [4.78, 5) is 11.1. The Kier molecular flexibility index (Phi) is 6.92. The highest BCUT2D eigenvalue weighted by Gasteiger charge is 2.22. The molecule has 9 nitrogen and oxygen atoms in total. The molecule has 2 aromatic rings. The lowest BCUT2D eigenvalue weighted by molar-refractivity contribution is 0.110. The Morgan fingerprint density at radius 2 is 1.97 bits per heavy atom. The van der Waals surface area contributed by atoms with E-state index in [0.29, 0.717) is 30.6 Å². The molecule has 0 aliphatic carbocycles. The monoisotopic (exact) mass is 404 g/mol. The van der Waals surface area contributed by atoms with Gasteiger partial charge in [0.15, 0.2) is 5.82 Å². The Balaban J connectivity index is 1.71. The fourth-order valence-electron chi connectivity index (χ4n) is 3.14. The van der Waals surface area contributed by atoms with Crippen LogP contribution < -0.4 is 14.8 Å². The molecule has 0 amide bonds. The van der Waals surface area contributed by atoms with Crippen molar-refractivity contribution >= 4 is 11.6 Å². The van der Waals surface area contributed by atoms with Gasteiger partial charge in [-0.1, -0.05) is 0 Å². The molecule has 0 aromatic carbocycles. The van der Waals surface area contributed by atoms with Crippen LogP contribution in [0.1, 0.15) is 40.0 Å². The van der Waals surface area contributed by atoms with Crippen molar-refractivity contribution in [1.29, 1.82) is 0 Å². The highest BCUT2D eigenvalue weighted by molar-refractivity contribution is 5.53. The van der Waals surface area contributed by atoms with Crippen molar-refractivity contribution in [2.75, 3.05) is 38.7 Å². The quantitative estimate of drug-likeness (QED) is 0.648. The lowest BCUT2D eigenvalue weighted by Crippen LogP contribution is -2.35. The number of ether oxygens (including phenoxy) is 2. The maximum atomic E-state index is 8.94. The van der Waals surface area contributed by atoms with Crippen molar-refractivity contribution in [1.82, 2.24) is 24.6 Å². The van der Waals surface area contributed by atoms with Crippen molar-refractivity contribution in [2.24, 2.45) is 0 Å². The van der Waals surface area contributed by atoms with E-state index >= 15 is 0 Å². The molecule has 1 fully saturated rings. The molecule has 0 bridgehead atoms. The number of rotatable bonds is 8. The van der Waals surface area contributed by atoms with Crippen LogP contribution in [0.15, 0.2) is 18.5 Å². The Morgan fingerprint density at radius 1 is 1.21 bits per heavy atom. The van der Waals surface area contributed by atoms with Gasteiger partial charge in [-0.15, -0.1) is 5.10 Å². The number of nitrogens with zero attached hydrogens (tertiary/aromatic N) is 5. The zero-order chi connectivity index (χ0) is 20.9. The van der Waals surface area contributed by atoms with E-state index in [1.54, 1.807) is 12.4 Å². The van der Waals surface area contributed by atoms with Crippen LogP contribution >= 0.6 is 0 Å². The summed E-state index contributed by atoms with van der Waals surface area (Å²) in [6.07, 6.45) is 6.01. The van der Waals surface area contributed by atoms with Crippen LogP contribution in [-0.2, 0) is 5.54 Å². The zero-order valence-electron chi connectivity index (χ0n) is 17.8. The first-order valence-electron chi connectivity index (χ1n) is 10.1. The number of piperidine rings is 1. The molecule has 0 radical (unpaired) electrons. The van der Waals surface area contributed by atoms with E-state index in [2.05, 4.69) is 53.1 Å². The zero-order valence-corrected chi connectivity index (χ0v) is 17.8. The average molecular weight is 405 g/mol. The lowest BCUT2D eigenvalue weighted by Gasteiger charge is -2.28. The van der Waals surface area contributed by atoms with E-state index in [1.165, 1.54) is 0 Å². The number of nitrogens with one attached hydrogen (secondary N) is 1. The number of aromatic nitrogens is 4. The summed E-state index contributed by atoms with van der Waals surface area (Å²) in [6.45, 7) is 8.75. The molecule has 1 aliphatic rings. The average Bonchev–Trinajstić information content (AvgIpc) is 3.07. The van der Waals surface area contributed by atoms with Crippen LogP contribution in [-0.4, -0.2) is 69.2 Å². The summed E-state index contributed by atoms with van der Waals surface area (Å²) >= 11 is 0. The first-order valence-corrected chi connectivity index (χ1v) is 10.1. The van der Waals surface area contributed by atoms with E-state index in [-0.39, 0.29) is 18.2 Å². The van der Waals surface area contributed by atoms with Crippen LogP contribution in [0.2, 0.25) is 0 Å². The third-order valence-corrected chi connectivity index (χ3v) is 4.70. The second-order valence-electron chi connectivity index (χ2n) is 8.36. The van der Waals surface area contributed by atoms with E-state index < -0.39 is 0 Å². The van der Waals surface area contributed by atoms with Gasteiger partial charge in [0.2, 0.25) is 11.8 Å². The predicted octanol–water partition coefficient (Wildman–Crippen LogP) is 2.41. The van der Waals surface area contributed by atoms with Crippen LogP contribution in [0.4, 0.5) is 11.6 Å². The summed E-state index contributed by atoms with van der Waals surface area (Å²) in [5, 5.41) is 16.8. The summed E-state index contributed by atoms with van der Waals surface area (Å²) in [6, 6.07) is 1.83. The minimum Gasteiger partial charge on any atom is -0.476 e. The van der Waals surface area contributed by atoms with E-state index in [0.717, 1.165) is 31.7 Å². The molecule has 160 valence electrons. The maximum absolute atomic E-state index is 8.94. The summed E-state index contributed by atoms with van der Waals surface area (Å²) in [7, 11) is 2.13. The molecular formula is C20H32N6O3. The van der Waals surface area contributed by atoms with Gasteiger partial charge in [0.05, 0.1) is 24.5 Å². The fraction of sp³-hybridized carbons (Fsp3) is 0.650. The molecule has 29 heavy (non-hydrogen) atoms. The third-order valence-electron chi connectivity index (χ3n) is 4.70. The standard InChI is InChI=1S/C20H32N6O3/c1-20(2,3)26-17(12-18(24-26)28-11-5-10-27)22-16-13-21-14-19(23-16)29-15-6-8-25(4)9-7-15/h12-15,27H,5-11H2,1-4H3,(H,22,23). The van der Waals surface area contributed by atoms with E-state index in [1.807, 2.05) is 10.7 Å².